The lowest BCUT2D eigenvalue weighted by molar-refractivity contribution is -0.130. The lowest BCUT2D eigenvalue weighted by Gasteiger charge is -2.43. The molecular weight excluding hydrogens is 550 g/mol. The molecule has 1 aromatic heterocycles. The monoisotopic (exact) mass is 577 g/mol. The molecule has 2 aromatic carbocycles. The molecule has 196 valence electrons. The zero-order valence-corrected chi connectivity index (χ0v) is 22.7. The first-order valence-electron chi connectivity index (χ1n) is 12.4. The molecule has 2 unspecified atom stereocenters. The zero-order valence-electron chi connectivity index (χ0n) is 21.1. The van der Waals surface area contributed by atoms with Crippen LogP contribution in [0, 0.1) is 5.92 Å². The van der Waals surface area contributed by atoms with Crippen LogP contribution in [0.1, 0.15) is 34.0 Å². The van der Waals surface area contributed by atoms with Crippen molar-refractivity contribution in [3.63, 3.8) is 0 Å². The quantitative estimate of drug-likeness (QED) is 0.446. The van der Waals surface area contributed by atoms with Gasteiger partial charge in [0.2, 0.25) is 0 Å². The van der Waals surface area contributed by atoms with Crippen LogP contribution in [0.4, 0.5) is 0 Å². The van der Waals surface area contributed by atoms with Crippen molar-refractivity contribution in [1.82, 2.24) is 14.8 Å². The van der Waals surface area contributed by atoms with Crippen LogP contribution in [-0.4, -0.2) is 48.6 Å². The van der Waals surface area contributed by atoms with E-state index < -0.39 is 5.91 Å². The second kappa shape index (κ2) is 10.9. The number of likely N-dealkylation sites (tertiary alicyclic amines) is 1. The number of aromatic nitrogens is 1. The second-order valence-electron chi connectivity index (χ2n) is 9.51. The van der Waals surface area contributed by atoms with Gasteiger partial charge in [0.05, 0.1) is 19.8 Å². The van der Waals surface area contributed by atoms with E-state index >= 15 is 0 Å². The highest BCUT2D eigenvalue weighted by atomic mass is 79.9. The van der Waals surface area contributed by atoms with Crippen LogP contribution < -0.4 is 20.3 Å². The molecule has 1 saturated heterocycles. The number of rotatable bonds is 6. The molecule has 2 atom stereocenters. The molecule has 2 aliphatic heterocycles. The highest BCUT2D eigenvalue weighted by Gasteiger charge is 2.37. The first-order chi connectivity index (χ1) is 18.4. The Morgan fingerprint density at radius 2 is 1.76 bits per heavy atom. The largest absolute Gasteiger partial charge is 0.493 e. The molecule has 38 heavy (non-hydrogen) atoms. The summed E-state index contributed by atoms with van der Waals surface area (Å²) >= 11 is 3.42. The number of nitrogens with zero attached hydrogens (tertiary/aromatic N) is 2. The van der Waals surface area contributed by atoms with Crippen molar-refractivity contribution in [3.05, 3.63) is 98.0 Å². The Kier molecular flexibility index (Phi) is 7.37. The molecule has 1 fully saturated rings. The minimum Gasteiger partial charge on any atom is -0.493 e. The van der Waals surface area contributed by atoms with E-state index in [1.807, 2.05) is 16.7 Å². The van der Waals surface area contributed by atoms with E-state index in [9.17, 15) is 14.4 Å². The number of carbonyl (C=O) groups excluding carboxylic acids is 2. The molecule has 2 amide bonds. The molecule has 8 nitrogen and oxygen atoms in total. The molecule has 2 aliphatic rings. The van der Waals surface area contributed by atoms with Crippen molar-refractivity contribution in [1.29, 1.82) is 0 Å². The number of methoxy groups -OCH3 is 2. The van der Waals surface area contributed by atoms with Gasteiger partial charge in [-0.2, -0.15) is 0 Å². The summed E-state index contributed by atoms with van der Waals surface area (Å²) in [4.78, 5) is 41.4. The Balaban J connectivity index is 1.48. The van der Waals surface area contributed by atoms with Crippen LogP contribution >= 0.6 is 15.9 Å². The van der Waals surface area contributed by atoms with Gasteiger partial charge in [-0.3, -0.25) is 14.4 Å². The number of benzene rings is 2. The Morgan fingerprint density at radius 3 is 2.53 bits per heavy atom. The maximum absolute atomic E-state index is 13.9. The number of amides is 2. The summed E-state index contributed by atoms with van der Waals surface area (Å²) < 4.78 is 13.2. The van der Waals surface area contributed by atoms with Gasteiger partial charge in [-0.15, -0.1) is 0 Å². The first-order valence-corrected chi connectivity index (χ1v) is 13.2. The third kappa shape index (κ3) is 5.11. The molecule has 0 radical (unpaired) electrons. The van der Waals surface area contributed by atoms with Gasteiger partial charge in [0.1, 0.15) is 5.70 Å². The number of fused-ring (bicyclic) bond motifs is 4. The molecule has 5 rings (SSSR count). The van der Waals surface area contributed by atoms with Crippen molar-refractivity contribution < 1.29 is 19.1 Å². The number of hydrogen-bond acceptors (Lipinski definition) is 5. The summed E-state index contributed by atoms with van der Waals surface area (Å²) in [7, 11) is 3.10. The summed E-state index contributed by atoms with van der Waals surface area (Å²) in [6, 6.07) is 17.7. The minimum absolute atomic E-state index is 0.00767. The van der Waals surface area contributed by atoms with Gasteiger partial charge in [0.15, 0.2) is 11.5 Å². The van der Waals surface area contributed by atoms with Crippen molar-refractivity contribution in [2.75, 3.05) is 27.3 Å². The molecule has 0 spiro atoms. The van der Waals surface area contributed by atoms with E-state index in [1.165, 1.54) is 0 Å². The van der Waals surface area contributed by atoms with E-state index in [1.54, 1.807) is 73.7 Å². The third-order valence-electron chi connectivity index (χ3n) is 7.08. The molecule has 0 aliphatic carbocycles. The number of halogens is 1. The smallest absolute Gasteiger partial charge is 0.270 e. The fraction of sp³-hybridized carbons (Fsp3) is 0.276. The van der Waals surface area contributed by atoms with Gasteiger partial charge in [-0.05, 0) is 70.2 Å². The van der Waals surface area contributed by atoms with Crippen LogP contribution in [0.25, 0.3) is 6.08 Å². The van der Waals surface area contributed by atoms with E-state index in [2.05, 4.69) is 21.2 Å². The van der Waals surface area contributed by atoms with E-state index in [0.29, 0.717) is 46.7 Å². The maximum atomic E-state index is 13.9. The summed E-state index contributed by atoms with van der Waals surface area (Å²) in [5.74, 6) is 0.619. The second-order valence-corrected chi connectivity index (χ2v) is 10.4. The van der Waals surface area contributed by atoms with E-state index in [-0.39, 0.29) is 29.0 Å². The maximum Gasteiger partial charge on any atom is 0.270 e. The molecule has 0 saturated carbocycles. The van der Waals surface area contributed by atoms with Crippen molar-refractivity contribution in [3.8, 4) is 11.5 Å². The Hall–Kier alpha value is -3.85. The van der Waals surface area contributed by atoms with Crippen molar-refractivity contribution in [2.45, 2.75) is 18.9 Å². The number of ether oxygens (including phenoxy) is 2. The Morgan fingerprint density at radius 1 is 0.974 bits per heavy atom. The van der Waals surface area contributed by atoms with Gasteiger partial charge in [0.25, 0.3) is 17.4 Å². The SMILES string of the molecule is COc1ccc(/C=C(\NC(=O)c2ccccc2Br)C(=O)N2CC3CC(C2)c2cccc(=O)n2C3)cc1OC. The molecular formula is C29H28BrN3O5. The van der Waals surface area contributed by atoms with Crippen LogP contribution in [0.3, 0.4) is 0 Å². The summed E-state index contributed by atoms with van der Waals surface area (Å²) in [5.41, 5.74) is 2.19. The predicted octanol–water partition coefficient (Wildman–Crippen LogP) is 4.04. The van der Waals surface area contributed by atoms with E-state index in [0.717, 1.165) is 12.1 Å². The molecule has 2 bridgehead atoms. The lowest BCUT2D eigenvalue weighted by Crippen LogP contribution is -2.50. The molecule has 3 aromatic rings. The molecule has 9 heteroatoms. The summed E-state index contributed by atoms with van der Waals surface area (Å²) in [6.07, 6.45) is 2.58. The average molecular weight is 578 g/mol. The van der Waals surface area contributed by atoms with Crippen molar-refractivity contribution >= 4 is 33.8 Å². The number of nitrogens with one attached hydrogen (secondary N) is 1. The van der Waals surface area contributed by atoms with Crippen molar-refractivity contribution in [2.24, 2.45) is 5.92 Å². The highest BCUT2D eigenvalue weighted by molar-refractivity contribution is 9.10. The van der Waals surface area contributed by atoms with Gasteiger partial charge in [-0.1, -0.05) is 24.3 Å². The van der Waals surface area contributed by atoms with E-state index in [4.69, 9.17) is 9.47 Å². The fourth-order valence-corrected chi connectivity index (χ4v) is 5.79. The highest BCUT2D eigenvalue weighted by Crippen LogP contribution is 2.35. The van der Waals surface area contributed by atoms with Gasteiger partial charge >= 0.3 is 0 Å². The van der Waals surface area contributed by atoms with Gasteiger partial charge < -0.3 is 24.3 Å². The van der Waals surface area contributed by atoms with Gasteiger partial charge in [0, 0.05) is 41.8 Å². The topological polar surface area (TPSA) is 89.9 Å². The summed E-state index contributed by atoms with van der Waals surface area (Å²) in [5, 5.41) is 2.85. The molecule has 3 heterocycles. The number of hydrogen-bond donors (Lipinski definition) is 1. The third-order valence-corrected chi connectivity index (χ3v) is 7.77. The summed E-state index contributed by atoms with van der Waals surface area (Å²) in [6.45, 7) is 1.55. The van der Waals surface area contributed by atoms with Crippen LogP contribution in [0.5, 0.6) is 11.5 Å². The number of pyridine rings is 1. The Labute approximate surface area is 229 Å². The fourth-order valence-electron chi connectivity index (χ4n) is 5.33. The number of piperidine rings is 1. The van der Waals surface area contributed by atoms with Crippen LogP contribution in [0.15, 0.2) is 75.6 Å². The normalized spacial score (nSPS) is 18.4. The average Bonchev–Trinajstić information content (AvgIpc) is 2.93. The Bertz CT molecular complexity index is 1480. The predicted molar refractivity (Wildman–Crippen MR) is 147 cm³/mol. The van der Waals surface area contributed by atoms with Crippen LogP contribution in [0.2, 0.25) is 0 Å². The van der Waals surface area contributed by atoms with Crippen LogP contribution in [-0.2, 0) is 11.3 Å². The lowest BCUT2D eigenvalue weighted by atomic mass is 9.83. The minimum atomic E-state index is -0.397. The number of carbonyl (C=O) groups is 2. The first kappa shape index (κ1) is 25.8. The zero-order chi connectivity index (χ0) is 26.8. The van der Waals surface area contributed by atoms with Gasteiger partial charge in [-0.25, -0.2) is 0 Å². The molecule has 1 N–H and O–H groups in total. The standard InChI is InChI=1S/C29H28BrN3O5/c1-37-25-11-10-18(14-26(25)38-2)13-23(31-28(35)21-6-3-4-7-22(21)30)29(36)32-15-19-12-20(17-32)24-8-5-9-27(34)33(24)16-19/h3-11,13-14,19-20H,12,15-17H2,1-2H3,(H,31,35)/b23-13-.